The molecule has 0 aliphatic heterocycles. The van der Waals surface area contributed by atoms with E-state index in [4.69, 9.17) is 18.9 Å². The van der Waals surface area contributed by atoms with E-state index in [-0.39, 0.29) is 4.90 Å². The number of rotatable bonds is 9. The molecule has 1 N–H and O–H groups in total. The van der Waals surface area contributed by atoms with E-state index in [2.05, 4.69) is 9.93 Å². The molecule has 0 radical (unpaired) electrons. The maximum absolute atomic E-state index is 12.4. The van der Waals surface area contributed by atoms with E-state index < -0.39 is 10.0 Å². The van der Waals surface area contributed by atoms with Gasteiger partial charge >= 0.3 is 0 Å². The standard InChI is InChI=1S/C18H22N2O6S/c1-5-26-18-13(7-6-8-16(18)24-3)12-19-20-27(21,22)14-9-10-15(23-2)17(11-14)25-4/h6-12,20H,5H2,1-4H3/b19-12+. The van der Waals surface area contributed by atoms with Crippen LogP contribution in [-0.4, -0.2) is 42.6 Å². The molecule has 2 aromatic rings. The Kier molecular flexibility index (Phi) is 6.89. The number of nitrogens with zero attached hydrogens (tertiary/aromatic N) is 1. The fraction of sp³-hybridized carbons (Fsp3) is 0.278. The second-order valence-electron chi connectivity index (χ2n) is 5.18. The van der Waals surface area contributed by atoms with Gasteiger partial charge in [-0.05, 0) is 31.2 Å². The first-order chi connectivity index (χ1) is 13.0. The average Bonchev–Trinajstić information content (AvgIpc) is 2.68. The van der Waals surface area contributed by atoms with Crippen molar-refractivity contribution in [3.8, 4) is 23.0 Å². The number of hydrazone groups is 1. The maximum atomic E-state index is 12.4. The van der Waals surface area contributed by atoms with E-state index in [9.17, 15) is 8.42 Å². The monoisotopic (exact) mass is 394 g/mol. The molecule has 0 aromatic heterocycles. The lowest BCUT2D eigenvalue weighted by Crippen LogP contribution is -2.18. The van der Waals surface area contributed by atoms with E-state index in [1.165, 1.54) is 45.7 Å². The van der Waals surface area contributed by atoms with Gasteiger partial charge in [0, 0.05) is 11.6 Å². The number of nitrogens with one attached hydrogen (secondary N) is 1. The van der Waals surface area contributed by atoms with Crippen LogP contribution in [0.25, 0.3) is 0 Å². The van der Waals surface area contributed by atoms with Crippen LogP contribution in [0.1, 0.15) is 12.5 Å². The Bertz CT molecular complexity index is 912. The largest absolute Gasteiger partial charge is 0.493 e. The van der Waals surface area contributed by atoms with E-state index in [1.54, 1.807) is 18.2 Å². The highest BCUT2D eigenvalue weighted by Crippen LogP contribution is 2.30. The number of benzene rings is 2. The molecule has 0 atom stereocenters. The molecule has 0 aliphatic carbocycles. The molecular formula is C18H22N2O6S. The first-order valence-corrected chi connectivity index (χ1v) is 9.51. The molecule has 0 aliphatic rings. The summed E-state index contributed by atoms with van der Waals surface area (Å²) in [6.07, 6.45) is 1.35. The van der Waals surface area contributed by atoms with Gasteiger partial charge in [-0.1, -0.05) is 6.07 Å². The third-order valence-corrected chi connectivity index (χ3v) is 4.78. The van der Waals surface area contributed by atoms with Crippen molar-refractivity contribution >= 4 is 16.2 Å². The second-order valence-corrected chi connectivity index (χ2v) is 6.84. The SMILES string of the molecule is CCOc1c(/C=N/NS(=O)(=O)c2ccc(OC)c(OC)c2)cccc1OC. The molecule has 0 unspecified atom stereocenters. The van der Waals surface area contributed by atoms with Crippen molar-refractivity contribution in [2.75, 3.05) is 27.9 Å². The highest BCUT2D eigenvalue weighted by molar-refractivity contribution is 7.89. The lowest BCUT2D eigenvalue weighted by molar-refractivity contribution is 0.310. The van der Waals surface area contributed by atoms with Crippen LogP contribution >= 0.6 is 0 Å². The quantitative estimate of drug-likeness (QED) is 0.518. The number of methoxy groups -OCH3 is 3. The summed E-state index contributed by atoms with van der Waals surface area (Å²) in [7, 11) is 0.541. The van der Waals surface area contributed by atoms with Crippen LogP contribution in [0.15, 0.2) is 46.4 Å². The van der Waals surface area contributed by atoms with E-state index >= 15 is 0 Å². The minimum Gasteiger partial charge on any atom is -0.493 e. The van der Waals surface area contributed by atoms with Gasteiger partial charge in [0.2, 0.25) is 0 Å². The van der Waals surface area contributed by atoms with Crippen molar-refractivity contribution in [3.05, 3.63) is 42.0 Å². The Balaban J connectivity index is 2.25. The summed E-state index contributed by atoms with van der Waals surface area (Å²) < 4.78 is 45.9. The zero-order valence-electron chi connectivity index (χ0n) is 15.6. The zero-order valence-corrected chi connectivity index (χ0v) is 16.4. The number of para-hydroxylation sites is 1. The van der Waals surface area contributed by atoms with Crippen LogP contribution in [0.5, 0.6) is 23.0 Å². The summed E-state index contributed by atoms with van der Waals surface area (Å²) in [5.41, 5.74) is 0.575. The highest BCUT2D eigenvalue weighted by Gasteiger charge is 2.16. The first-order valence-electron chi connectivity index (χ1n) is 8.03. The van der Waals surface area contributed by atoms with Crippen molar-refractivity contribution in [1.82, 2.24) is 4.83 Å². The molecule has 8 nitrogen and oxygen atoms in total. The lowest BCUT2D eigenvalue weighted by atomic mass is 10.2. The Morgan fingerprint density at radius 2 is 1.70 bits per heavy atom. The number of sulfonamides is 1. The summed E-state index contributed by atoms with van der Waals surface area (Å²) in [4.78, 5) is 2.16. The van der Waals surface area contributed by atoms with Crippen molar-refractivity contribution in [2.45, 2.75) is 11.8 Å². The van der Waals surface area contributed by atoms with E-state index in [1.807, 2.05) is 6.92 Å². The molecule has 0 saturated carbocycles. The minimum atomic E-state index is -3.88. The summed E-state index contributed by atoms with van der Waals surface area (Å²) in [6, 6.07) is 9.50. The highest BCUT2D eigenvalue weighted by atomic mass is 32.2. The van der Waals surface area contributed by atoms with E-state index in [0.717, 1.165) is 0 Å². The molecule has 0 spiro atoms. The van der Waals surface area contributed by atoms with Gasteiger partial charge in [-0.15, -0.1) is 0 Å². The van der Waals surface area contributed by atoms with Crippen LogP contribution in [0.4, 0.5) is 0 Å². The Morgan fingerprint density at radius 3 is 2.33 bits per heavy atom. The molecule has 0 fully saturated rings. The normalized spacial score (nSPS) is 11.3. The first kappa shape index (κ1) is 20.4. The lowest BCUT2D eigenvalue weighted by Gasteiger charge is -2.12. The van der Waals surface area contributed by atoms with Crippen LogP contribution in [0.2, 0.25) is 0 Å². The average molecular weight is 394 g/mol. The molecule has 0 amide bonds. The smallest absolute Gasteiger partial charge is 0.276 e. The minimum absolute atomic E-state index is 0.00651. The van der Waals surface area contributed by atoms with Gasteiger partial charge < -0.3 is 18.9 Å². The van der Waals surface area contributed by atoms with Gasteiger partial charge in [-0.25, -0.2) is 4.83 Å². The maximum Gasteiger partial charge on any atom is 0.276 e. The number of hydrogen-bond donors (Lipinski definition) is 1. The molecular weight excluding hydrogens is 372 g/mol. The van der Waals surface area contributed by atoms with Crippen molar-refractivity contribution < 1.29 is 27.4 Å². The third kappa shape index (κ3) is 4.82. The molecule has 27 heavy (non-hydrogen) atoms. The summed E-state index contributed by atoms with van der Waals surface area (Å²) in [5, 5.41) is 3.84. The van der Waals surface area contributed by atoms with Gasteiger partial charge in [-0.3, -0.25) is 0 Å². The van der Waals surface area contributed by atoms with Gasteiger partial charge in [0.05, 0.1) is 39.0 Å². The third-order valence-electron chi connectivity index (χ3n) is 3.56. The van der Waals surface area contributed by atoms with Gasteiger partial charge in [0.15, 0.2) is 23.0 Å². The molecule has 0 bridgehead atoms. The van der Waals surface area contributed by atoms with Crippen LogP contribution < -0.4 is 23.8 Å². The van der Waals surface area contributed by atoms with E-state index in [0.29, 0.717) is 35.2 Å². The number of hydrogen-bond acceptors (Lipinski definition) is 7. The Hall–Kier alpha value is -2.94. The number of ether oxygens (including phenoxy) is 4. The van der Waals surface area contributed by atoms with Crippen molar-refractivity contribution in [3.63, 3.8) is 0 Å². The zero-order chi connectivity index (χ0) is 19.9. The molecule has 2 aromatic carbocycles. The summed E-state index contributed by atoms with van der Waals surface area (Å²) in [6.45, 7) is 2.27. The van der Waals surface area contributed by atoms with Crippen LogP contribution in [-0.2, 0) is 10.0 Å². The van der Waals surface area contributed by atoms with Crippen molar-refractivity contribution in [1.29, 1.82) is 0 Å². The fourth-order valence-corrected chi connectivity index (χ4v) is 3.10. The molecule has 0 heterocycles. The Labute approximate surface area is 158 Å². The van der Waals surface area contributed by atoms with Gasteiger partial charge in [0.1, 0.15) is 0 Å². The topological polar surface area (TPSA) is 95.5 Å². The van der Waals surface area contributed by atoms with Gasteiger partial charge in [0.25, 0.3) is 10.0 Å². The molecule has 0 saturated heterocycles. The predicted molar refractivity (Wildman–Crippen MR) is 102 cm³/mol. The Morgan fingerprint density at radius 1 is 1.00 bits per heavy atom. The fourth-order valence-electron chi connectivity index (χ4n) is 2.30. The van der Waals surface area contributed by atoms with Crippen LogP contribution in [0, 0.1) is 0 Å². The molecule has 2 rings (SSSR count). The summed E-state index contributed by atoms with van der Waals surface area (Å²) in [5.74, 6) is 1.74. The molecule has 146 valence electrons. The summed E-state index contributed by atoms with van der Waals surface area (Å²) >= 11 is 0. The van der Waals surface area contributed by atoms with Gasteiger partial charge in [-0.2, -0.15) is 13.5 Å². The van der Waals surface area contributed by atoms with Crippen LogP contribution in [0.3, 0.4) is 0 Å². The van der Waals surface area contributed by atoms with Crippen molar-refractivity contribution in [2.24, 2.45) is 5.10 Å². The molecule has 9 heteroatoms. The second kappa shape index (κ2) is 9.13. The predicted octanol–water partition coefficient (Wildman–Crippen LogP) is 2.42.